The molecule has 0 bridgehead atoms. The summed E-state index contributed by atoms with van der Waals surface area (Å²) in [6, 6.07) is 0.878. The Morgan fingerprint density at radius 2 is 1.82 bits per heavy atom. The van der Waals surface area contributed by atoms with Gasteiger partial charge in [0.05, 0.1) is 0 Å². The number of nitrogens with zero attached hydrogens (tertiary/aromatic N) is 1. The summed E-state index contributed by atoms with van der Waals surface area (Å²) in [5, 5.41) is 3.47. The molecule has 0 aromatic carbocycles. The third-order valence-corrected chi connectivity index (χ3v) is 4.96. The standard InChI is InChI=1S/C15H30N2/c1-3-13-5-4-6-15(11-13)17(2)12-14-7-9-16-10-8-14/h13-16H,3-12H2,1-2H3. The minimum Gasteiger partial charge on any atom is -0.317 e. The van der Waals surface area contributed by atoms with Crippen molar-refractivity contribution in [1.82, 2.24) is 10.2 Å². The average Bonchev–Trinajstić information content (AvgIpc) is 2.40. The van der Waals surface area contributed by atoms with E-state index in [4.69, 9.17) is 0 Å². The van der Waals surface area contributed by atoms with Gasteiger partial charge in [-0.25, -0.2) is 0 Å². The Morgan fingerprint density at radius 1 is 1.06 bits per heavy atom. The first-order valence-electron chi connectivity index (χ1n) is 7.70. The Labute approximate surface area is 107 Å². The lowest BCUT2D eigenvalue weighted by Gasteiger charge is -2.37. The Balaban J connectivity index is 1.75. The van der Waals surface area contributed by atoms with E-state index in [1.54, 1.807) is 0 Å². The van der Waals surface area contributed by atoms with Crippen molar-refractivity contribution in [3.05, 3.63) is 0 Å². The molecule has 1 saturated heterocycles. The molecule has 17 heavy (non-hydrogen) atoms. The monoisotopic (exact) mass is 238 g/mol. The van der Waals surface area contributed by atoms with Crippen LogP contribution in [0.15, 0.2) is 0 Å². The molecule has 0 amide bonds. The molecule has 0 spiro atoms. The van der Waals surface area contributed by atoms with E-state index < -0.39 is 0 Å². The van der Waals surface area contributed by atoms with Crippen LogP contribution in [0, 0.1) is 11.8 Å². The third-order valence-electron chi connectivity index (χ3n) is 4.96. The molecule has 0 aromatic heterocycles. The second kappa shape index (κ2) is 6.75. The number of rotatable bonds is 4. The van der Waals surface area contributed by atoms with Crippen LogP contribution in [-0.2, 0) is 0 Å². The normalized spacial score (nSPS) is 31.9. The van der Waals surface area contributed by atoms with E-state index in [0.29, 0.717) is 0 Å². The van der Waals surface area contributed by atoms with E-state index in [1.165, 1.54) is 64.6 Å². The van der Waals surface area contributed by atoms with Gasteiger partial charge in [0.15, 0.2) is 0 Å². The summed E-state index contributed by atoms with van der Waals surface area (Å²) in [6.07, 6.45) is 9.99. The van der Waals surface area contributed by atoms with Crippen molar-refractivity contribution in [2.45, 2.75) is 57.9 Å². The molecule has 2 nitrogen and oxygen atoms in total. The van der Waals surface area contributed by atoms with Gasteiger partial charge in [0.1, 0.15) is 0 Å². The van der Waals surface area contributed by atoms with Crippen LogP contribution in [0.5, 0.6) is 0 Å². The minimum atomic E-state index is 0.878. The maximum Gasteiger partial charge on any atom is 0.00949 e. The molecule has 0 aromatic rings. The quantitative estimate of drug-likeness (QED) is 0.810. The van der Waals surface area contributed by atoms with Crippen LogP contribution in [0.3, 0.4) is 0 Å². The summed E-state index contributed by atoms with van der Waals surface area (Å²) >= 11 is 0. The highest BCUT2D eigenvalue weighted by Crippen LogP contribution is 2.30. The summed E-state index contributed by atoms with van der Waals surface area (Å²) in [5.41, 5.74) is 0. The lowest BCUT2D eigenvalue weighted by atomic mass is 9.83. The van der Waals surface area contributed by atoms with Crippen LogP contribution in [0.25, 0.3) is 0 Å². The van der Waals surface area contributed by atoms with Crippen LogP contribution in [0.2, 0.25) is 0 Å². The fraction of sp³-hybridized carbons (Fsp3) is 1.00. The van der Waals surface area contributed by atoms with E-state index >= 15 is 0 Å². The first-order chi connectivity index (χ1) is 8.29. The topological polar surface area (TPSA) is 15.3 Å². The summed E-state index contributed by atoms with van der Waals surface area (Å²) in [4.78, 5) is 2.68. The molecular formula is C15H30N2. The molecule has 2 fully saturated rings. The van der Waals surface area contributed by atoms with Gasteiger partial charge in [-0.3, -0.25) is 0 Å². The summed E-state index contributed by atoms with van der Waals surface area (Å²) in [6.45, 7) is 6.17. The van der Waals surface area contributed by atoms with Crippen molar-refractivity contribution >= 4 is 0 Å². The molecule has 2 aliphatic rings. The SMILES string of the molecule is CCC1CCCC(N(C)CC2CCNCC2)C1. The summed E-state index contributed by atoms with van der Waals surface area (Å²) < 4.78 is 0. The van der Waals surface area contributed by atoms with Gasteiger partial charge >= 0.3 is 0 Å². The van der Waals surface area contributed by atoms with Crippen LogP contribution >= 0.6 is 0 Å². The number of hydrogen-bond acceptors (Lipinski definition) is 2. The van der Waals surface area contributed by atoms with E-state index in [1.807, 2.05) is 0 Å². The molecule has 2 atom stereocenters. The fourth-order valence-electron chi connectivity index (χ4n) is 3.65. The van der Waals surface area contributed by atoms with Gasteiger partial charge in [0.25, 0.3) is 0 Å². The highest BCUT2D eigenvalue weighted by Gasteiger charge is 2.25. The van der Waals surface area contributed by atoms with Crippen molar-refractivity contribution in [2.24, 2.45) is 11.8 Å². The maximum absolute atomic E-state index is 3.47. The van der Waals surface area contributed by atoms with Crippen molar-refractivity contribution < 1.29 is 0 Å². The molecule has 0 radical (unpaired) electrons. The van der Waals surface area contributed by atoms with Gasteiger partial charge in [-0.2, -0.15) is 0 Å². The number of hydrogen-bond donors (Lipinski definition) is 1. The largest absolute Gasteiger partial charge is 0.317 e. The fourth-order valence-corrected chi connectivity index (χ4v) is 3.65. The minimum absolute atomic E-state index is 0.878. The van der Waals surface area contributed by atoms with Gasteiger partial charge in [-0.05, 0) is 57.7 Å². The maximum atomic E-state index is 3.47. The smallest absolute Gasteiger partial charge is 0.00949 e. The molecular weight excluding hydrogens is 208 g/mol. The number of nitrogens with one attached hydrogen (secondary N) is 1. The van der Waals surface area contributed by atoms with E-state index in [0.717, 1.165) is 17.9 Å². The van der Waals surface area contributed by atoms with Crippen molar-refractivity contribution in [3.63, 3.8) is 0 Å². The molecule has 1 saturated carbocycles. The van der Waals surface area contributed by atoms with Crippen LogP contribution in [-0.4, -0.2) is 37.6 Å². The van der Waals surface area contributed by atoms with Gasteiger partial charge in [-0.15, -0.1) is 0 Å². The highest BCUT2D eigenvalue weighted by molar-refractivity contribution is 4.80. The number of piperidine rings is 1. The van der Waals surface area contributed by atoms with Gasteiger partial charge in [0.2, 0.25) is 0 Å². The summed E-state index contributed by atoms with van der Waals surface area (Å²) in [5.74, 6) is 1.95. The van der Waals surface area contributed by atoms with Crippen LogP contribution in [0.1, 0.15) is 51.9 Å². The van der Waals surface area contributed by atoms with Crippen LogP contribution < -0.4 is 5.32 Å². The second-order valence-electron chi connectivity index (χ2n) is 6.23. The predicted octanol–water partition coefficient (Wildman–Crippen LogP) is 2.89. The predicted molar refractivity (Wildman–Crippen MR) is 74.3 cm³/mol. The second-order valence-corrected chi connectivity index (χ2v) is 6.23. The zero-order valence-electron chi connectivity index (χ0n) is 11.8. The van der Waals surface area contributed by atoms with Crippen molar-refractivity contribution in [3.8, 4) is 0 Å². The zero-order valence-corrected chi connectivity index (χ0v) is 11.8. The molecule has 2 heteroatoms. The Bertz CT molecular complexity index is 211. The van der Waals surface area contributed by atoms with Crippen LogP contribution in [0.4, 0.5) is 0 Å². The Morgan fingerprint density at radius 3 is 2.53 bits per heavy atom. The van der Waals surface area contributed by atoms with Gasteiger partial charge in [-0.1, -0.05) is 26.2 Å². The Hall–Kier alpha value is -0.0800. The van der Waals surface area contributed by atoms with E-state index in [2.05, 4.69) is 24.2 Å². The zero-order chi connectivity index (χ0) is 12.1. The Kier molecular flexibility index (Phi) is 5.30. The molecule has 1 heterocycles. The average molecular weight is 238 g/mol. The van der Waals surface area contributed by atoms with Crippen molar-refractivity contribution in [1.29, 1.82) is 0 Å². The van der Waals surface area contributed by atoms with E-state index in [9.17, 15) is 0 Å². The molecule has 1 N–H and O–H groups in total. The van der Waals surface area contributed by atoms with E-state index in [-0.39, 0.29) is 0 Å². The van der Waals surface area contributed by atoms with Crippen molar-refractivity contribution in [2.75, 3.05) is 26.7 Å². The lowest BCUT2D eigenvalue weighted by Crippen LogP contribution is -2.41. The summed E-state index contributed by atoms with van der Waals surface area (Å²) in [7, 11) is 2.37. The first-order valence-corrected chi connectivity index (χ1v) is 7.70. The molecule has 1 aliphatic carbocycles. The van der Waals surface area contributed by atoms with Gasteiger partial charge in [0, 0.05) is 12.6 Å². The highest BCUT2D eigenvalue weighted by atomic mass is 15.1. The first kappa shape index (κ1) is 13.4. The molecule has 2 unspecified atom stereocenters. The molecule has 100 valence electrons. The molecule has 1 aliphatic heterocycles. The third kappa shape index (κ3) is 3.96. The molecule has 2 rings (SSSR count). The lowest BCUT2D eigenvalue weighted by molar-refractivity contribution is 0.128. The van der Waals surface area contributed by atoms with Gasteiger partial charge < -0.3 is 10.2 Å².